The number of fused-ring (bicyclic) bond motifs is 1. The lowest BCUT2D eigenvalue weighted by Gasteiger charge is -2.06. The van der Waals surface area contributed by atoms with Crippen molar-refractivity contribution in [2.45, 2.75) is 0 Å². The average Bonchev–Trinajstić information content (AvgIpc) is 2.66. The van der Waals surface area contributed by atoms with Gasteiger partial charge in [0, 0.05) is 12.6 Å². The van der Waals surface area contributed by atoms with Crippen molar-refractivity contribution in [1.29, 1.82) is 0 Å². The Bertz CT molecular complexity index is 418. The molecule has 1 heterocycles. The maximum Gasteiger partial charge on any atom is 0.231 e. The van der Waals surface area contributed by atoms with Crippen LogP contribution in [-0.2, 0) is 0 Å². The third-order valence-corrected chi connectivity index (χ3v) is 2.65. The van der Waals surface area contributed by atoms with Crippen molar-refractivity contribution in [3.63, 3.8) is 0 Å². The van der Waals surface area contributed by atoms with E-state index in [0.717, 1.165) is 0 Å². The van der Waals surface area contributed by atoms with E-state index < -0.39 is 0 Å². The van der Waals surface area contributed by atoms with Gasteiger partial charge >= 0.3 is 0 Å². The van der Waals surface area contributed by atoms with Gasteiger partial charge in [0.15, 0.2) is 11.5 Å². The van der Waals surface area contributed by atoms with Crippen molar-refractivity contribution in [3.8, 4) is 17.2 Å². The van der Waals surface area contributed by atoms with E-state index in [0.29, 0.717) is 28.1 Å². The zero-order valence-corrected chi connectivity index (χ0v) is 9.45. The Labute approximate surface area is 95.4 Å². The minimum Gasteiger partial charge on any atom is -0.506 e. The van der Waals surface area contributed by atoms with Crippen molar-refractivity contribution < 1.29 is 14.6 Å². The van der Waals surface area contributed by atoms with Crippen molar-refractivity contribution >= 4 is 22.0 Å². The van der Waals surface area contributed by atoms with E-state index in [2.05, 4.69) is 15.9 Å². The first-order valence-electron chi connectivity index (χ1n) is 4.41. The first-order valence-corrected chi connectivity index (χ1v) is 5.21. The zero-order chi connectivity index (χ0) is 10.8. The lowest BCUT2D eigenvalue weighted by atomic mass is 10.1. The van der Waals surface area contributed by atoms with Gasteiger partial charge in [0.2, 0.25) is 6.79 Å². The summed E-state index contributed by atoms with van der Waals surface area (Å²) >= 11 is 3.24. The molecule has 0 bridgehead atoms. The van der Waals surface area contributed by atoms with Crippen LogP contribution in [0.4, 0.5) is 0 Å². The molecule has 4 nitrogen and oxygen atoms in total. The Balaban J connectivity index is 2.55. The van der Waals surface area contributed by atoms with Crippen LogP contribution < -0.4 is 15.2 Å². The van der Waals surface area contributed by atoms with Gasteiger partial charge in [-0.15, -0.1) is 0 Å². The predicted molar refractivity (Wildman–Crippen MR) is 60.0 cm³/mol. The Hall–Kier alpha value is -1.20. The highest BCUT2D eigenvalue weighted by atomic mass is 79.9. The quantitative estimate of drug-likeness (QED) is 0.862. The number of ether oxygens (including phenoxy) is 2. The van der Waals surface area contributed by atoms with Crippen LogP contribution >= 0.6 is 15.9 Å². The first kappa shape index (κ1) is 10.3. The minimum atomic E-state index is 0.129. The summed E-state index contributed by atoms with van der Waals surface area (Å²) in [7, 11) is 0. The maximum atomic E-state index is 9.81. The molecular weight excluding hydrogens is 262 g/mol. The Morgan fingerprint density at radius 3 is 3.07 bits per heavy atom. The standard InChI is InChI=1S/C10H10BrNO3/c11-7-4-8-10(15-5-14-8)6(9(7)13)2-1-3-12/h1-2,4,13H,3,5,12H2/b2-1+. The number of benzene rings is 1. The second kappa shape index (κ2) is 4.12. The van der Waals surface area contributed by atoms with Crippen molar-refractivity contribution in [3.05, 3.63) is 22.2 Å². The summed E-state index contributed by atoms with van der Waals surface area (Å²) in [4.78, 5) is 0. The second-order valence-corrected chi connectivity index (χ2v) is 3.85. The molecule has 80 valence electrons. The molecule has 2 rings (SSSR count). The van der Waals surface area contributed by atoms with Gasteiger partial charge in [0.05, 0.1) is 10.0 Å². The molecule has 3 N–H and O–H groups in total. The molecule has 0 aromatic heterocycles. The number of phenolic OH excluding ortho intramolecular Hbond substituents is 1. The summed E-state index contributed by atoms with van der Waals surface area (Å²) in [5.41, 5.74) is 5.94. The summed E-state index contributed by atoms with van der Waals surface area (Å²) in [6.45, 7) is 0.580. The monoisotopic (exact) mass is 271 g/mol. The fraction of sp³-hybridized carbons (Fsp3) is 0.200. The lowest BCUT2D eigenvalue weighted by molar-refractivity contribution is 0.173. The van der Waals surface area contributed by atoms with E-state index in [-0.39, 0.29) is 12.5 Å². The van der Waals surface area contributed by atoms with E-state index >= 15 is 0 Å². The van der Waals surface area contributed by atoms with Crippen LogP contribution in [-0.4, -0.2) is 18.4 Å². The first-order chi connectivity index (χ1) is 7.24. The van der Waals surface area contributed by atoms with Crippen molar-refractivity contribution in [1.82, 2.24) is 0 Å². The number of halogens is 1. The molecule has 1 aliphatic rings. The van der Waals surface area contributed by atoms with Gasteiger partial charge < -0.3 is 20.3 Å². The fourth-order valence-electron chi connectivity index (χ4n) is 1.37. The van der Waals surface area contributed by atoms with Crippen molar-refractivity contribution in [2.75, 3.05) is 13.3 Å². The van der Waals surface area contributed by atoms with Gasteiger partial charge in [0.25, 0.3) is 0 Å². The molecule has 0 unspecified atom stereocenters. The number of phenols is 1. The molecule has 0 spiro atoms. The smallest absolute Gasteiger partial charge is 0.231 e. The lowest BCUT2D eigenvalue weighted by Crippen LogP contribution is -1.94. The number of aromatic hydroxyl groups is 1. The normalized spacial score (nSPS) is 13.7. The number of hydrogen-bond acceptors (Lipinski definition) is 4. The van der Waals surface area contributed by atoms with Crippen LogP contribution in [0.5, 0.6) is 17.2 Å². The third kappa shape index (κ3) is 1.80. The molecule has 15 heavy (non-hydrogen) atoms. The molecule has 0 atom stereocenters. The molecule has 0 fully saturated rings. The minimum absolute atomic E-state index is 0.129. The van der Waals surface area contributed by atoms with Crippen LogP contribution in [0.1, 0.15) is 5.56 Å². The van der Waals surface area contributed by atoms with Crippen LogP contribution in [0, 0.1) is 0 Å². The summed E-state index contributed by atoms with van der Waals surface area (Å²) in [5, 5.41) is 9.81. The van der Waals surface area contributed by atoms with Crippen LogP contribution in [0.15, 0.2) is 16.6 Å². The average molecular weight is 272 g/mol. The number of nitrogens with two attached hydrogens (primary N) is 1. The summed E-state index contributed by atoms with van der Waals surface area (Å²) in [6.07, 6.45) is 3.46. The Morgan fingerprint density at radius 1 is 1.53 bits per heavy atom. The highest BCUT2D eigenvalue weighted by Crippen LogP contribution is 2.45. The van der Waals surface area contributed by atoms with Gasteiger partial charge in [-0.25, -0.2) is 0 Å². The van der Waals surface area contributed by atoms with Crippen molar-refractivity contribution in [2.24, 2.45) is 5.73 Å². The molecule has 1 aliphatic heterocycles. The topological polar surface area (TPSA) is 64.7 Å². The molecule has 1 aromatic rings. The van der Waals surface area contributed by atoms with E-state index in [1.54, 1.807) is 18.2 Å². The highest BCUT2D eigenvalue weighted by molar-refractivity contribution is 9.10. The molecule has 0 saturated heterocycles. The van der Waals surface area contributed by atoms with Gasteiger partial charge in [-0.2, -0.15) is 0 Å². The molecule has 0 saturated carbocycles. The Morgan fingerprint density at radius 2 is 2.33 bits per heavy atom. The second-order valence-electron chi connectivity index (χ2n) is 2.99. The van der Waals surface area contributed by atoms with Gasteiger partial charge in [-0.05, 0) is 15.9 Å². The number of hydrogen-bond donors (Lipinski definition) is 2. The summed E-state index contributed by atoms with van der Waals surface area (Å²) in [5.74, 6) is 1.31. The van der Waals surface area contributed by atoms with E-state index in [9.17, 15) is 5.11 Å². The molecule has 0 amide bonds. The predicted octanol–water partition coefficient (Wildman–Crippen LogP) is 1.86. The summed E-state index contributed by atoms with van der Waals surface area (Å²) < 4.78 is 11.1. The van der Waals surface area contributed by atoms with E-state index in [4.69, 9.17) is 15.2 Å². The summed E-state index contributed by atoms with van der Waals surface area (Å²) in [6, 6.07) is 1.68. The molecule has 0 aliphatic carbocycles. The molecule has 0 radical (unpaired) electrons. The zero-order valence-electron chi connectivity index (χ0n) is 7.87. The highest BCUT2D eigenvalue weighted by Gasteiger charge is 2.21. The van der Waals surface area contributed by atoms with Gasteiger partial charge in [0.1, 0.15) is 5.75 Å². The molecular formula is C10H10BrNO3. The maximum absolute atomic E-state index is 9.81. The van der Waals surface area contributed by atoms with E-state index in [1.165, 1.54) is 0 Å². The van der Waals surface area contributed by atoms with Crippen LogP contribution in [0.3, 0.4) is 0 Å². The fourth-order valence-corrected chi connectivity index (χ4v) is 1.79. The third-order valence-electron chi connectivity index (χ3n) is 2.05. The Kier molecular flexibility index (Phi) is 2.83. The SMILES string of the molecule is NC/C=C/c1c(O)c(Br)cc2c1OCO2. The number of rotatable bonds is 2. The van der Waals surface area contributed by atoms with Crippen LogP contribution in [0.25, 0.3) is 6.08 Å². The van der Waals surface area contributed by atoms with Gasteiger partial charge in [-0.3, -0.25) is 0 Å². The van der Waals surface area contributed by atoms with E-state index in [1.807, 2.05) is 0 Å². The van der Waals surface area contributed by atoms with Gasteiger partial charge in [-0.1, -0.05) is 12.2 Å². The van der Waals surface area contributed by atoms with Crippen LogP contribution in [0.2, 0.25) is 0 Å². The largest absolute Gasteiger partial charge is 0.506 e. The molecule has 5 heteroatoms. The molecule has 1 aromatic carbocycles.